The van der Waals surface area contributed by atoms with Gasteiger partial charge in [0.1, 0.15) is 36.3 Å². The van der Waals surface area contributed by atoms with Crippen molar-refractivity contribution in [2.75, 3.05) is 6.61 Å². The van der Waals surface area contributed by atoms with Gasteiger partial charge in [-0.1, -0.05) is 25.1 Å². The summed E-state index contributed by atoms with van der Waals surface area (Å²) in [6, 6.07) is 6.34. The molecule has 0 spiro atoms. The molecule has 6 unspecified atom stereocenters. The van der Waals surface area contributed by atoms with Crippen molar-refractivity contribution < 1.29 is 29.5 Å². The molecule has 0 amide bonds. The summed E-state index contributed by atoms with van der Waals surface area (Å²) in [5.41, 5.74) is 0.687. The van der Waals surface area contributed by atoms with Gasteiger partial charge in [-0.2, -0.15) is 0 Å². The molecule has 1 aromatic rings. The molecule has 6 heteroatoms. The molecule has 0 aliphatic carbocycles. The molecule has 0 bridgehead atoms. The van der Waals surface area contributed by atoms with E-state index in [1.165, 1.54) is 12.1 Å². The van der Waals surface area contributed by atoms with E-state index in [2.05, 4.69) is 13.5 Å². The molecule has 134 valence electrons. The van der Waals surface area contributed by atoms with Gasteiger partial charge in [-0.15, -0.1) is 6.58 Å². The van der Waals surface area contributed by atoms with Crippen LogP contribution in [0.15, 0.2) is 36.9 Å². The van der Waals surface area contributed by atoms with Gasteiger partial charge in [-0.3, -0.25) is 0 Å². The van der Waals surface area contributed by atoms with Crippen LogP contribution in [0.2, 0.25) is 0 Å². The number of phenolic OH excluding ortho intramolecular Hbond substituents is 1. The van der Waals surface area contributed by atoms with Crippen LogP contribution in [0, 0.1) is 0 Å². The maximum absolute atomic E-state index is 10.2. The van der Waals surface area contributed by atoms with Gasteiger partial charge in [0, 0.05) is 0 Å². The summed E-state index contributed by atoms with van der Waals surface area (Å²) < 4.78 is 16.6. The fourth-order valence-electron chi connectivity index (χ4n) is 2.67. The normalized spacial score (nSPS) is 35.3. The lowest BCUT2D eigenvalue weighted by Crippen LogP contribution is -2.59. The van der Waals surface area contributed by atoms with Crippen LogP contribution in [0.5, 0.6) is 5.75 Å². The monoisotopic (exact) mass is 338 g/mol. The minimum absolute atomic E-state index is 0.135. The van der Waals surface area contributed by atoms with Gasteiger partial charge in [0.2, 0.25) is 0 Å². The Kier molecular flexibility index (Phi) is 6.77. The number of hydrogen-bond acceptors (Lipinski definition) is 6. The molecular formula is C18H26O6. The van der Waals surface area contributed by atoms with Crippen LogP contribution < -0.4 is 0 Å². The Labute approximate surface area is 142 Å². The number of fused-ring (bicyclic) bond motifs is 1. The highest BCUT2D eigenvalue weighted by molar-refractivity contribution is 5.28. The molecule has 2 saturated heterocycles. The highest BCUT2D eigenvalue weighted by atomic mass is 16.7. The molecule has 3 rings (SSSR count). The lowest BCUT2D eigenvalue weighted by Gasteiger charge is -2.46. The Balaban J connectivity index is 0.000000471. The number of phenols is 1. The first kappa shape index (κ1) is 18.9. The van der Waals surface area contributed by atoms with E-state index in [0.717, 1.165) is 6.42 Å². The molecule has 0 radical (unpaired) electrons. The van der Waals surface area contributed by atoms with Crippen LogP contribution in [-0.2, 0) is 14.2 Å². The standard InChI is InChI=1S/C14H18O6.C4H8/c1-7-18-6-10-14(19-7)12(17)11(16)13(20-10)8-2-4-9(15)5-3-8;1-3-4-2/h2-5,7,10-17H,6H2,1H3;3H,1,4H2,2H3. The second kappa shape index (κ2) is 8.60. The van der Waals surface area contributed by atoms with E-state index < -0.39 is 36.8 Å². The zero-order valence-electron chi connectivity index (χ0n) is 14.0. The van der Waals surface area contributed by atoms with Crippen LogP contribution in [0.1, 0.15) is 31.9 Å². The van der Waals surface area contributed by atoms with E-state index in [-0.39, 0.29) is 5.75 Å². The van der Waals surface area contributed by atoms with E-state index in [0.29, 0.717) is 12.2 Å². The number of aromatic hydroxyl groups is 1. The molecule has 0 saturated carbocycles. The van der Waals surface area contributed by atoms with Crippen molar-refractivity contribution in [3.05, 3.63) is 42.5 Å². The topological polar surface area (TPSA) is 88.4 Å². The largest absolute Gasteiger partial charge is 0.508 e. The van der Waals surface area contributed by atoms with Gasteiger partial charge >= 0.3 is 0 Å². The average molecular weight is 338 g/mol. The van der Waals surface area contributed by atoms with Gasteiger partial charge in [-0.25, -0.2) is 0 Å². The first-order valence-electron chi connectivity index (χ1n) is 8.16. The van der Waals surface area contributed by atoms with Gasteiger partial charge in [0.25, 0.3) is 0 Å². The number of ether oxygens (including phenoxy) is 3. The van der Waals surface area contributed by atoms with Crippen LogP contribution in [0.4, 0.5) is 0 Å². The Morgan fingerprint density at radius 3 is 2.38 bits per heavy atom. The van der Waals surface area contributed by atoms with Crippen LogP contribution >= 0.6 is 0 Å². The van der Waals surface area contributed by atoms with Gasteiger partial charge in [-0.05, 0) is 31.0 Å². The predicted molar refractivity (Wildman–Crippen MR) is 88.5 cm³/mol. The molecule has 1 aromatic carbocycles. The van der Waals surface area contributed by atoms with Crippen molar-refractivity contribution in [3.8, 4) is 5.75 Å². The van der Waals surface area contributed by atoms with Crippen molar-refractivity contribution in [1.29, 1.82) is 0 Å². The van der Waals surface area contributed by atoms with Gasteiger partial charge in [0.05, 0.1) is 6.61 Å². The van der Waals surface area contributed by atoms with E-state index in [9.17, 15) is 15.3 Å². The quantitative estimate of drug-likeness (QED) is 0.714. The zero-order chi connectivity index (χ0) is 17.7. The SMILES string of the molecule is C=CCC.CC1OCC2OC(c3ccc(O)cc3)C(O)C(O)C2O1. The molecule has 2 aliphatic rings. The third kappa shape index (κ3) is 4.34. The van der Waals surface area contributed by atoms with E-state index in [4.69, 9.17) is 14.2 Å². The second-order valence-electron chi connectivity index (χ2n) is 5.87. The molecule has 0 aromatic heterocycles. The number of aliphatic hydroxyl groups excluding tert-OH is 2. The minimum atomic E-state index is -1.09. The highest BCUT2D eigenvalue weighted by Gasteiger charge is 2.48. The first-order chi connectivity index (χ1) is 11.5. The van der Waals surface area contributed by atoms with Crippen molar-refractivity contribution >= 4 is 0 Å². The maximum atomic E-state index is 10.2. The number of hydrogen-bond donors (Lipinski definition) is 3. The number of benzene rings is 1. The van der Waals surface area contributed by atoms with E-state index in [1.54, 1.807) is 19.1 Å². The van der Waals surface area contributed by atoms with E-state index in [1.807, 2.05) is 6.08 Å². The molecule has 24 heavy (non-hydrogen) atoms. The number of aliphatic hydroxyl groups is 2. The summed E-state index contributed by atoms with van der Waals surface area (Å²) in [7, 11) is 0. The first-order valence-corrected chi connectivity index (χ1v) is 8.16. The molecule has 6 atom stereocenters. The third-order valence-corrected chi connectivity index (χ3v) is 4.04. The average Bonchev–Trinajstić information content (AvgIpc) is 2.59. The molecular weight excluding hydrogens is 312 g/mol. The summed E-state index contributed by atoms with van der Waals surface area (Å²) in [6.45, 7) is 7.59. The fourth-order valence-corrected chi connectivity index (χ4v) is 2.67. The molecule has 2 aliphatic heterocycles. The van der Waals surface area contributed by atoms with Crippen molar-refractivity contribution in [2.24, 2.45) is 0 Å². The lowest BCUT2D eigenvalue weighted by molar-refractivity contribution is -0.322. The molecule has 6 nitrogen and oxygen atoms in total. The zero-order valence-corrected chi connectivity index (χ0v) is 14.0. The molecule has 2 heterocycles. The third-order valence-electron chi connectivity index (χ3n) is 4.04. The number of allylic oxidation sites excluding steroid dienone is 1. The van der Waals surface area contributed by atoms with Crippen LogP contribution in [0.3, 0.4) is 0 Å². The minimum Gasteiger partial charge on any atom is -0.508 e. The maximum Gasteiger partial charge on any atom is 0.155 e. The van der Waals surface area contributed by atoms with Crippen molar-refractivity contribution in [2.45, 2.75) is 57.1 Å². The Bertz CT molecular complexity index is 515. The predicted octanol–water partition coefficient (Wildman–Crippen LogP) is 1.90. The Hall–Kier alpha value is -1.44. The van der Waals surface area contributed by atoms with E-state index >= 15 is 0 Å². The lowest BCUT2D eigenvalue weighted by atomic mass is 9.91. The van der Waals surface area contributed by atoms with Gasteiger partial charge < -0.3 is 29.5 Å². The highest BCUT2D eigenvalue weighted by Crippen LogP contribution is 2.36. The second-order valence-corrected chi connectivity index (χ2v) is 5.87. The smallest absolute Gasteiger partial charge is 0.155 e. The molecule has 2 fully saturated rings. The summed E-state index contributed by atoms with van der Waals surface area (Å²) in [5, 5.41) is 29.7. The summed E-state index contributed by atoms with van der Waals surface area (Å²) in [5.74, 6) is 0.135. The summed E-state index contributed by atoms with van der Waals surface area (Å²) >= 11 is 0. The summed E-state index contributed by atoms with van der Waals surface area (Å²) in [6.07, 6.45) is -1.30. The van der Waals surface area contributed by atoms with Crippen LogP contribution in [-0.4, -0.2) is 52.6 Å². The number of rotatable bonds is 2. The fraction of sp³-hybridized carbons (Fsp3) is 0.556. The Morgan fingerprint density at radius 1 is 1.17 bits per heavy atom. The van der Waals surface area contributed by atoms with Crippen LogP contribution in [0.25, 0.3) is 0 Å². The Morgan fingerprint density at radius 2 is 1.79 bits per heavy atom. The molecule has 3 N–H and O–H groups in total. The van der Waals surface area contributed by atoms with Crippen molar-refractivity contribution in [3.63, 3.8) is 0 Å². The summed E-state index contributed by atoms with van der Waals surface area (Å²) in [4.78, 5) is 0. The van der Waals surface area contributed by atoms with Crippen molar-refractivity contribution in [1.82, 2.24) is 0 Å². The van der Waals surface area contributed by atoms with Gasteiger partial charge in [0.15, 0.2) is 6.29 Å².